The van der Waals surface area contributed by atoms with Crippen molar-refractivity contribution in [2.45, 2.75) is 146 Å². The van der Waals surface area contributed by atoms with Gasteiger partial charge in [0.1, 0.15) is 0 Å². The number of nitrogens with one attached hydrogen (secondary N) is 1. The van der Waals surface area contributed by atoms with Crippen molar-refractivity contribution in [3.63, 3.8) is 0 Å². The maximum Gasteiger partial charge on any atom is 0.227 e. The number of aromatic nitrogens is 3. The lowest BCUT2D eigenvalue weighted by Gasteiger charge is -2.06. The smallest absolute Gasteiger partial charge is 0.227 e. The molecule has 0 aliphatic rings. The summed E-state index contributed by atoms with van der Waals surface area (Å²) < 4.78 is 0. The lowest BCUT2D eigenvalue weighted by molar-refractivity contribution is 0.522. The summed E-state index contributed by atoms with van der Waals surface area (Å²) in [6.45, 7) is 3.19. The van der Waals surface area contributed by atoms with Crippen LogP contribution in [0.5, 0.6) is 0 Å². The summed E-state index contributed by atoms with van der Waals surface area (Å²) in [6, 6.07) is 0. The minimum Gasteiger partial charge on any atom is -0.354 e. The highest BCUT2D eigenvalue weighted by molar-refractivity contribution is 7.80. The molecule has 0 amide bonds. The molecule has 180 valence electrons. The van der Waals surface area contributed by atoms with Gasteiger partial charge in [-0.15, -0.1) is 25.3 Å². The van der Waals surface area contributed by atoms with Gasteiger partial charge in [0.2, 0.25) is 5.95 Å². The van der Waals surface area contributed by atoms with Crippen molar-refractivity contribution >= 4 is 31.2 Å². The second-order valence-corrected chi connectivity index (χ2v) is 9.70. The van der Waals surface area contributed by atoms with Gasteiger partial charge < -0.3 is 5.32 Å². The highest BCUT2D eigenvalue weighted by atomic mass is 32.1. The molecule has 0 unspecified atom stereocenters. The first-order chi connectivity index (χ1) is 15.2. The zero-order valence-electron chi connectivity index (χ0n) is 20.1. The first-order valence-corrected chi connectivity index (χ1v) is 14.0. The number of unbranched alkanes of at least 4 members (excludes halogenated alkanes) is 19. The molecular formula is C25H48N4S2. The van der Waals surface area contributed by atoms with Crippen LogP contribution < -0.4 is 5.32 Å². The molecule has 6 heteroatoms. The van der Waals surface area contributed by atoms with Crippen LogP contribution in [-0.4, -0.2) is 21.5 Å². The molecule has 1 aromatic rings. The summed E-state index contributed by atoms with van der Waals surface area (Å²) in [5.74, 6) is 0.572. The van der Waals surface area contributed by atoms with Gasteiger partial charge in [-0.2, -0.15) is 15.0 Å². The number of rotatable bonds is 22. The Kier molecular flexibility index (Phi) is 19.7. The fraction of sp³-hybridized carbons (Fsp3) is 0.880. The van der Waals surface area contributed by atoms with Crippen molar-refractivity contribution in [2.24, 2.45) is 0 Å². The van der Waals surface area contributed by atoms with Crippen molar-refractivity contribution in [1.82, 2.24) is 15.0 Å². The topological polar surface area (TPSA) is 50.7 Å². The molecule has 1 rings (SSSR count). The summed E-state index contributed by atoms with van der Waals surface area (Å²) in [4.78, 5) is 12.2. The molecule has 31 heavy (non-hydrogen) atoms. The lowest BCUT2D eigenvalue weighted by Crippen LogP contribution is -2.06. The van der Waals surface area contributed by atoms with E-state index in [0.717, 1.165) is 13.0 Å². The van der Waals surface area contributed by atoms with Crippen LogP contribution in [0.3, 0.4) is 0 Å². The Morgan fingerprint density at radius 2 is 0.806 bits per heavy atom. The zero-order valence-corrected chi connectivity index (χ0v) is 21.9. The molecule has 1 heterocycles. The Balaban J connectivity index is 1.72. The van der Waals surface area contributed by atoms with Crippen molar-refractivity contribution in [3.8, 4) is 0 Å². The van der Waals surface area contributed by atoms with Gasteiger partial charge >= 0.3 is 0 Å². The van der Waals surface area contributed by atoms with Crippen LogP contribution >= 0.6 is 25.3 Å². The molecule has 0 bridgehead atoms. The quantitative estimate of drug-likeness (QED) is 0.118. The van der Waals surface area contributed by atoms with Crippen LogP contribution in [0, 0.1) is 0 Å². The van der Waals surface area contributed by atoms with Crippen molar-refractivity contribution in [1.29, 1.82) is 0 Å². The van der Waals surface area contributed by atoms with E-state index in [1.54, 1.807) is 0 Å². The molecule has 1 aromatic heterocycles. The molecule has 0 saturated carbocycles. The van der Waals surface area contributed by atoms with Crippen LogP contribution in [0.15, 0.2) is 10.3 Å². The van der Waals surface area contributed by atoms with E-state index in [0.29, 0.717) is 16.3 Å². The molecule has 0 spiro atoms. The third-order valence-corrected chi connectivity index (χ3v) is 6.33. The third kappa shape index (κ3) is 18.8. The van der Waals surface area contributed by atoms with Gasteiger partial charge in [0.25, 0.3) is 0 Å². The van der Waals surface area contributed by atoms with Crippen molar-refractivity contribution in [3.05, 3.63) is 0 Å². The molecule has 0 saturated heterocycles. The second kappa shape index (κ2) is 21.4. The third-order valence-electron chi connectivity index (χ3n) is 5.93. The van der Waals surface area contributed by atoms with Crippen LogP contribution in [0.4, 0.5) is 5.95 Å². The number of thiol groups is 2. The predicted molar refractivity (Wildman–Crippen MR) is 141 cm³/mol. The Hall–Kier alpha value is -0.490. The molecule has 4 nitrogen and oxygen atoms in total. The van der Waals surface area contributed by atoms with E-state index in [4.69, 9.17) is 0 Å². The minimum absolute atomic E-state index is 0.408. The molecule has 0 aliphatic heterocycles. The Morgan fingerprint density at radius 3 is 1.16 bits per heavy atom. The maximum atomic E-state index is 4.14. The SMILES string of the molecule is CCCCCCCCCCCCCCCCCCCCCCNc1nc(S)nc(S)n1. The van der Waals surface area contributed by atoms with E-state index in [1.165, 1.54) is 122 Å². The Bertz CT molecular complexity index is 508. The van der Waals surface area contributed by atoms with E-state index in [1.807, 2.05) is 0 Å². The Labute approximate surface area is 203 Å². The molecule has 1 N–H and O–H groups in total. The normalized spacial score (nSPS) is 11.2. The molecule has 0 atom stereocenters. The minimum atomic E-state index is 0.408. The van der Waals surface area contributed by atoms with E-state index in [-0.39, 0.29) is 0 Å². The predicted octanol–water partition coefficient (Wildman–Crippen LogP) is 8.68. The average molecular weight is 469 g/mol. The van der Waals surface area contributed by atoms with Gasteiger partial charge in [-0.05, 0) is 6.42 Å². The van der Waals surface area contributed by atoms with Gasteiger partial charge in [-0.3, -0.25) is 0 Å². The van der Waals surface area contributed by atoms with Gasteiger partial charge in [0.05, 0.1) is 0 Å². The molecule has 0 fully saturated rings. The molecular weight excluding hydrogens is 420 g/mol. The average Bonchev–Trinajstić information content (AvgIpc) is 2.74. The fourth-order valence-corrected chi connectivity index (χ4v) is 4.47. The van der Waals surface area contributed by atoms with Gasteiger partial charge in [-0.25, -0.2) is 0 Å². The number of nitrogens with zero attached hydrogens (tertiary/aromatic N) is 3. The number of anilines is 1. The van der Waals surface area contributed by atoms with Crippen molar-refractivity contribution in [2.75, 3.05) is 11.9 Å². The summed E-state index contributed by atoms with van der Waals surface area (Å²) in [5, 5.41) is 4.04. The van der Waals surface area contributed by atoms with Gasteiger partial charge in [-0.1, -0.05) is 129 Å². The van der Waals surface area contributed by atoms with Gasteiger partial charge in [0, 0.05) is 6.54 Å². The van der Waals surface area contributed by atoms with Gasteiger partial charge in [0.15, 0.2) is 10.3 Å². The zero-order chi connectivity index (χ0) is 22.4. The summed E-state index contributed by atoms with van der Waals surface area (Å²) >= 11 is 8.28. The van der Waals surface area contributed by atoms with Crippen molar-refractivity contribution < 1.29 is 0 Å². The van der Waals surface area contributed by atoms with E-state index >= 15 is 0 Å². The summed E-state index contributed by atoms with van der Waals surface area (Å²) in [6.07, 6.45) is 28.1. The van der Waals surface area contributed by atoms with Crippen LogP contribution in [-0.2, 0) is 0 Å². The monoisotopic (exact) mass is 468 g/mol. The fourth-order valence-electron chi connectivity index (χ4n) is 4.01. The van der Waals surface area contributed by atoms with Crippen LogP contribution in [0.25, 0.3) is 0 Å². The molecule has 0 aliphatic carbocycles. The van der Waals surface area contributed by atoms with Crippen LogP contribution in [0.1, 0.15) is 135 Å². The van der Waals surface area contributed by atoms with E-state index < -0.39 is 0 Å². The summed E-state index contributed by atoms with van der Waals surface area (Å²) in [5.41, 5.74) is 0. The van der Waals surface area contributed by atoms with E-state index in [9.17, 15) is 0 Å². The first kappa shape index (κ1) is 28.5. The highest BCUT2D eigenvalue weighted by Gasteiger charge is 2.00. The summed E-state index contributed by atoms with van der Waals surface area (Å²) in [7, 11) is 0. The molecule has 0 radical (unpaired) electrons. The first-order valence-electron chi connectivity index (χ1n) is 13.1. The van der Waals surface area contributed by atoms with Crippen LogP contribution in [0.2, 0.25) is 0 Å². The number of hydrogen-bond donors (Lipinski definition) is 3. The lowest BCUT2D eigenvalue weighted by atomic mass is 10.0. The molecule has 0 aromatic carbocycles. The Morgan fingerprint density at radius 1 is 0.484 bits per heavy atom. The standard InChI is InChI=1S/C25H48N4S2/c1-2-3-4-5-6-7-8-9-10-11-12-13-14-15-16-17-18-19-20-21-22-26-23-27-24(30)29-25(31)28-23/h2-22H2,1H3,(H3,26,27,28,29,30,31). The second-order valence-electron chi connectivity index (χ2n) is 8.90. The largest absolute Gasteiger partial charge is 0.354 e. The highest BCUT2D eigenvalue weighted by Crippen LogP contribution is 2.15. The number of hydrogen-bond acceptors (Lipinski definition) is 6. The maximum absolute atomic E-state index is 4.14. The van der Waals surface area contributed by atoms with E-state index in [2.05, 4.69) is 52.5 Å².